The SMILES string of the molecule is COC(=O)C1(C(=O)OC)CCCN(C(=O)c2ccccc2)C1. The number of likely N-dealkylation sites (tertiary alicyclic amines) is 1. The highest BCUT2D eigenvalue weighted by molar-refractivity contribution is 6.02. The molecule has 22 heavy (non-hydrogen) atoms. The van der Waals surface area contributed by atoms with Crippen LogP contribution in [0.3, 0.4) is 0 Å². The number of nitrogens with zero attached hydrogens (tertiary/aromatic N) is 1. The predicted molar refractivity (Wildman–Crippen MR) is 78.0 cm³/mol. The molecule has 1 aliphatic rings. The summed E-state index contributed by atoms with van der Waals surface area (Å²) in [7, 11) is 2.45. The Morgan fingerprint density at radius 2 is 1.64 bits per heavy atom. The average molecular weight is 305 g/mol. The van der Waals surface area contributed by atoms with Crippen molar-refractivity contribution in [1.29, 1.82) is 0 Å². The van der Waals surface area contributed by atoms with Crippen molar-refractivity contribution in [2.75, 3.05) is 27.3 Å². The van der Waals surface area contributed by atoms with Gasteiger partial charge in [-0.3, -0.25) is 14.4 Å². The molecule has 1 aromatic rings. The summed E-state index contributed by atoms with van der Waals surface area (Å²) >= 11 is 0. The number of esters is 2. The second-order valence-corrected chi connectivity index (χ2v) is 5.26. The summed E-state index contributed by atoms with van der Waals surface area (Å²) in [5, 5.41) is 0. The molecule has 1 fully saturated rings. The van der Waals surface area contributed by atoms with Gasteiger partial charge < -0.3 is 14.4 Å². The lowest BCUT2D eigenvalue weighted by molar-refractivity contribution is -0.172. The van der Waals surface area contributed by atoms with Gasteiger partial charge in [-0.1, -0.05) is 18.2 Å². The summed E-state index contributed by atoms with van der Waals surface area (Å²) in [5.74, 6) is -1.53. The number of amides is 1. The molecule has 0 bridgehead atoms. The highest BCUT2D eigenvalue weighted by Crippen LogP contribution is 2.33. The first kappa shape index (κ1) is 16.0. The van der Waals surface area contributed by atoms with Crippen molar-refractivity contribution in [1.82, 2.24) is 4.90 Å². The Balaban J connectivity index is 2.27. The maximum Gasteiger partial charge on any atom is 0.325 e. The van der Waals surface area contributed by atoms with E-state index in [1.807, 2.05) is 6.07 Å². The second-order valence-electron chi connectivity index (χ2n) is 5.26. The van der Waals surface area contributed by atoms with Crippen molar-refractivity contribution in [3.63, 3.8) is 0 Å². The molecule has 0 aromatic heterocycles. The Kier molecular flexibility index (Phi) is 4.80. The van der Waals surface area contributed by atoms with Gasteiger partial charge in [0.2, 0.25) is 0 Å². The number of rotatable bonds is 3. The van der Waals surface area contributed by atoms with Gasteiger partial charge in [0.05, 0.1) is 14.2 Å². The monoisotopic (exact) mass is 305 g/mol. The summed E-state index contributed by atoms with van der Waals surface area (Å²) < 4.78 is 9.54. The van der Waals surface area contributed by atoms with Crippen LogP contribution in [0.25, 0.3) is 0 Å². The van der Waals surface area contributed by atoms with Crippen LogP contribution in [-0.4, -0.2) is 50.1 Å². The minimum Gasteiger partial charge on any atom is -0.468 e. The van der Waals surface area contributed by atoms with Crippen LogP contribution in [0.15, 0.2) is 30.3 Å². The average Bonchev–Trinajstić information content (AvgIpc) is 2.60. The fourth-order valence-corrected chi connectivity index (χ4v) is 2.80. The zero-order chi connectivity index (χ0) is 16.2. The van der Waals surface area contributed by atoms with E-state index in [1.54, 1.807) is 24.3 Å². The lowest BCUT2D eigenvalue weighted by Gasteiger charge is -2.38. The molecular weight excluding hydrogens is 286 g/mol. The van der Waals surface area contributed by atoms with Gasteiger partial charge in [0.1, 0.15) is 0 Å². The first-order valence-corrected chi connectivity index (χ1v) is 7.06. The molecule has 1 aliphatic heterocycles. The molecule has 1 heterocycles. The number of hydrogen-bond donors (Lipinski definition) is 0. The van der Waals surface area contributed by atoms with Gasteiger partial charge in [0.15, 0.2) is 5.41 Å². The van der Waals surface area contributed by atoms with Crippen LogP contribution in [0.1, 0.15) is 23.2 Å². The molecule has 1 aromatic carbocycles. The van der Waals surface area contributed by atoms with Crippen LogP contribution in [0.4, 0.5) is 0 Å². The first-order valence-electron chi connectivity index (χ1n) is 7.06. The minimum absolute atomic E-state index is 0.0277. The smallest absolute Gasteiger partial charge is 0.325 e. The molecule has 1 saturated heterocycles. The van der Waals surface area contributed by atoms with Crippen LogP contribution < -0.4 is 0 Å². The maximum atomic E-state index is 12.5. The second kappa shape index (κ2) is 6.60. The summed E-state index contributed by atoms with van der Waals surface area (Å²) in [5.41, 5.74) is -0.917. The largest absolute Gasteiger partial charge is 0.468 e. The Morgan fingerprint density at radius 3 is 2.18 bits per heavy atom. The molecule has 0 aliphatic carbocycles. The summed E-state index contributed by atoms with van der Waals surface area (Å²) in [6.07, 6.45) is 0.841. The van der Waals surface area contributed by atoms with Gasteiger partial charge in [0.25, 0.3) is 5.91 Å². The van der Waals surface area contributed by atoms with E-state index in [-0.39, 0.29) is 12.5 Å². The van der Waals surface area contributed by atoms with Gasteiger partial charge in [-0.25, -0.2) is 0 Å². The number of carbonyl (C=O) groups is 3. The van der Waals surface area contributed by atoms with E-state index in [0.29, 0.717) is 24.9 Å². The molecule has 118 valence electrons. The molecule has 0 radical (unpaired) electrons. The number of methoxy groups -OCH3 is 2. The summed E-state index contributed by atoms with van der Waals surface area (Å²) in [4.78, 5) is 38.3. The fraction of sp³-hybridized carbons (Fsp3) is 0.438. The number of carbonyl (C=O) groups excluding carboxylic acids is 3. The molecule has 0 spiro atoms. The van der Waals surface area contributed by atoms with E-state index in [9.17, 15) is 14.4 Å². The first-order chi connectivity index (χ1) is 10.5. The zero-order valence-electron chi connectivity index (χ0n) is 12.7. The van der Waals surface area contributed by atoms with Crippen molar-refractivity contribution >= 4 is 17.8 Å². The summed E-state index contributed by atoms with van der Waals surface area (Å²) in [6.45, 7) is 0.462. The highest BCUT2D eigenvalue weighted by atomic mass is 16.5. The zero-order valence-corrected chi connectivity index (χ0v) is 12.7. The van der Waals surface area contributed by atoms with Crippen molar-refractivity contribution < 1.29 is 23.9 Å². The predicted octanol–water partition coefficient (Wildman–Crippen LogP) is 1.25. The lowest BCUT2D eigenvalue weighted by Crippen LogP contribution is -2.54. The van der Waals surface area contributed by atoms with E-state index < -0.39 is 17.4 Å². The Hall–Kier alpha value is -2.37. The number of benzene rings is 1. The quantitative estimate of drug-likeness (QED) is 0.621. The fourth-order valence-electron chi connectivity index (χ4n) is 2.80. The maximum absolute atomic E-state index is 12.5. The molecule has 0 unspecified atom stereocenters. The van der Waals surface area contributed by atoms with Crippen LogP contribution >= 0.6 is 0 Å². The van der Waals surface area contributed by atoms with E-state index in [1.165, 1.54) is 19.1 Å². The van der Waals surface area contributed by atoms with E-state index in [4.69, 9.17) is 9.47 Å². The van der Waals surface area contributed by atoms with E-state index in [2.05, 4.69) is 0 Å². The molecule has 6 nitrogen and oxygen atoms in total. The normalized spacial score (nSPS) is 16.7. The molecule has 0 atom stereocenters. The number of hydrogen-bond acceptors (Lipinski definition) is 5. The van der Waals surface area contributed by atoms with Crippen molar-refractivity contribution in [3.05, 3.63) is 35.9 Å². The van der Waals surface area contributed by atoms with Gasteiger partial charge in [-0.05, 0) is 25.0 Å². The summed E-state index contributed by atoms with van der Waals surface area (Å²) in [6, 6.07) is 8.76. The van der Waals surface area contributed by atoms with Gasteiger partial charge in [-0.2, -0.15) is 0 Å². The molecule has 2 rings (SSSR count). The molecular formula is C16H19NO5. The standard InChI is InChI=1S/C16H19NO5/c1-21-14(19)16(15(20)22-2)9-6-10-17(11-16)13(18)12-7-4-3-5-8-12/h3-5,7-8H,6,9-11H2,1-2H3. The molecule has 1 amide bonds. The third kappa shape index (κ3) is 2.81. The Morgan fingerprint density at radius 1 is 1.05 bits per heavy atom. The topological polar surface area (TPSA) is 72.9 Å². The van der Waals surface area contributed by atoms with Crippen molar-refractivity contribution in [2.45, 2.75) is 12.8 Å². The minimum atomic E-state index is -1.44. The van der Waals surface area contributed by atoms with Crippen molar-refractivity contribution in [3.8, 4) is 0 Å². The van der Waals surface area contributed by atoms with Crippen LogP contribution in [-0.2, 0) is 19.1 Å². The third-order valence-corrected chi connectivity index (χ3v) is 3.95. The Labute approximate surface area is 129 Å². The molecule has 6 heteroatoms. The van der Waals surface area contributed by atoms with Gasteiger partial charge >= 0.3 is 11.9 Å². The lowest BCUT2D eigenvalue weighted by atomic mass is 9.79. The van der Waals surface area contributed by atoms with Crippen LogP contribution in [0.2, 0.25) is 0 Å². The van der Waals surface area contributed by atoms with Crippen LogP contribution in [0.5, 0.6) is 0 Å². The van der Waals surface area contributed by atoms with Crippen molar-refractivity contribution in [2.24, 2.45) is 5.41 Å². The highest BCUT2D eigenvalue weighted by Gasteiger charge is 2.52. The molecule has 0 saturated carbocycles. The number of piperidine rings is 1. The third-order valence-electron chi connectivity index (χ3n) is 3.95. The number of ether oxygens (including phenoxy) is 2. The van der Waals surface area contributed by atoms with E-state index in [0.717, 1.165) is 0 Å². The Bertz CT molecular complexity index is 553. The van der Waals surface area contributed by atoms with Crippen LogP contribution in [0, 0.1) is 5.41 Å². The van der Waals surface area contributed by atoms with Gasteiger partial charge in [0, 0.05) is 18.7 Å². The van der Waals surface area contributed by atoms with Gasteiger partial charge in [-0.15, -0.1) is 0 Å². The molecule has 0 N–H and O–H groups in total. The van der Waals surface area contributed by atoms with E-state index >= 15 is 0 Å².